The molecule has 0 bridgehead atoms. The van der Waals surface area contributed by atoms with Crippen LogP contribution in [0.5, 0.6) is 5.75 Å². The molecule has 0 saturated carbocycles. The molecule has 2 unspecified atom stereocenters. The minimum absolute atomic E-state index is 0.110. The third-order valence-corrected chi connectivity index (χ3v) is 5.85. The summed E-state index contributed by atoms with van der Waals surface area (Å²) in [6.07, 6.45) is -1.31. The number of piperidine rings is 1. The predicted octanol–water partition coefficient (Wildman–Crippen LogP) is 3.76. The molecule has 0 aromatic heterocycles. The van der Waals surface area contributed by atoms with E-state index in [1.807, 2.05) is 4.90 Å². The van der Waals surface area contributed by atoms with Crippen LogP contribution in [0, 0.1) is 5.92 Å². The Labute approximate surface area is 184 Å². The van der Waals surface area contributed by atoms with Gasteiger partial charge in [0.05, 0.1) is 12.2 Å². The van der Waals surface area contributed by atoms with E-state index < -0.39 is 35.7 Å². The number of benzene rings is 1. The van der Waals surface area contributed by atoms with Crippen LogP contribution >= 0.6 is 0 Å². The number of likely N-dealkylation sites (tertiary alicyclic amines) is 1. The molecule has 0 aliphatic carbocycles. The standard InChI is InChI=1S/C22H28F3NO6/c1-3-4-5-11-26-12-9-15(18(29-2)22(26)31-19(27)20(28)32-22)10-13-30-17-8-6-7-16(14-17)21(23,24)25/h6-8,14-15,18H,3-5,9-13H2,1-2H3. The molecule has 2 aliphatic heterocycles. The Morgan fingerprint density at radius 2 is 1.91 bits per heavy atom. The first-order valence-electron chi connectivity index (χ1n) is 10.8. The Hall–Kier alpha value is -2.33. The Morgan fingerprint density at radius 3 is 2.53 bits per heavy atom. The lowest BCUT2D eigenvalue weighted by atomic mass is 9.87. The quantitative estimate of drug-likeness (QED) is 0.316. The van der Waals surface area contributed by atoms with Crippen molar-refractivity contribution < 1.29 is 41.7 Å². The van der Waals surface area contributed by atoms with E-state index in [2.05, 4.69) is 6.92 Å². The minimum Gasteiger partial charge on any atom is -0.494 e. The van der Waals surface area contributed by atoms with Gasteiger partial charge in [-0.05, 0) is 43.4 Å². The van der Waals surface area contributed by atoms with Gasteiger partial charge in [0, 0.05) is 20.2 Å². The van der Waals surface area contributed by atoms with Crippen molar-refractivity contribution in [2.24, 2.45) is 5.92 Å². The Kier molecular flexibility index (Phi) is 7.66. The number of unbranched alkanes of at least 4 members (excludes halogenated alkanes) is 2. The molecule has 1 spiro atoms. The first-order valence-corrected chi connectivity index (χ1v) is 10.8. The van der Waals surface area contributed by atoms with E-state index in [-0.39, 0.29) is 18.3 Å². The molecule has 2 aliphatic rings. The number of carbonyl (C=O) groups excluding carboxylic acids is 2. The summed E-state index contributed by atoms with van der Waals surface area (Å²) < 4.78 is 60.7. The summed E-state index contributed by atoms with van der Waals surface area (Å²) in [5, 5.41) is 0. The molecular formula is C22H28F3NO6. The van der Waals surface area contributed by atoms with Crippen molar-refractivity contribution >= 4 is 11.9 Å². The summed E-state index contributed by atoms with van der Waals surface area (Å²) in [5.41, 5.74) is -0.783. The van der Waals surface area contributed by atoms with E-state index in [9.17, 15) is 22.8 Å². The van der Waals surface area contributed by atoms with Crippen molar-refractivity contribution in [1.29, 1.82) is 0 Å². The van der Waals surface area contributed by atoms with Crippen molar-refractivity contribution in [3.63, 3.8) is 0 Å². The van der Waals surface area contributed by atoms with E-state index in [1.54, 1.807) is 0 Å². The van der Waals surface area contributed by atoms with Crippen molar-refractivity contribution in [1.82, 2.24) is 4.90 Å². The van der Waals surface area contributed by atoms with Crippen molar-refractivity contribution in [3.05, 3.63) is 29.8 Å². The van der Waals surface area contributed by atoms with Gasteiger partial charge in [0.1, 0.15) is 5.75 Å². The molecule has 2 fully saturated rings. The molecule has 2 heterocycles. The van der Waals surface area contributed by atoms with Gasteiger partial charge in [0.2, 0.25) is 0 Å². The second-order valence-corrected chi connectivity index (χ2v) is 7.97. The highest BCUT2D eigenvalue weighted by Gasteiger charge is 2.62. The zero-order chi connectivity index (χ0) is 23.4. The van der Waals surface area contributed by atoms with Crippen LogP contribution in [-0.2, 0) is 30.0 Å². The van der Waals surface area contributed by atoms with Crippen LogP contribution < -0.4 is 4.74 Å². The number of hydrogen-bond acceptors (Lipinski definition) is 7. The number of carbonyl (C=O) groups is 2. The Bertz CT molecular complexity index is 799. The lowest BCUT2D eigenvalue weighted by molar-refractivity contribution is -0.322. The number of nitrogens with zero attached hydrogens (tertiary/aromatic N) is 1. The van der Waals surface area contributed by atoms with Crippen LogP contribution in [0.15, 0.2) is 24.3 Å². The van der Waals surface area contributed by atoms with Gasteiger partial charge in [-0.15, -0.1) is 0 Å². The summed E-state index contributed by atoms with van der Waals surface area (Å²) in [7, 11) is 1.45. The molecule has 32 heavy (non-hydrogen) atoms. The van der Waals surface area contributed by atoms with Gasteiger partial charge >= 0.3 is 24.0 Å². The summed E-state index contributed by atoms with van der Waals surface area (Å²) in [5.74, 6) is -3.84. The van der Waals surface area contributed by atoms with Crippen molar-refractivity contribution in [3.8, 4) is 5.75 Å². The van der Waals surface area contributed by atoms with Crippen LogP contribution in [0.4, 0.5) is 13.2 Å². The van der Waals surface area contributed by atoms with E-state index in [0.717, 1.165) is 31.4 Å². The summed E-state index contributed by atoms with van der Waals surface area (Å²) in [4.78, 5) is 25.6. The first kappa shape index (κ1) is 24.3. The van der Waals surface area contributed by atoms with Crippen LogP contribution in [0.3, 0.4) is 0 Å². The smallest absolute Gasteiger partial charge is 0.422 e. The number of esters is 2. The van der Waals surface area contributed by atoms with Gasteiger partial charge in [0.15, 0.2) is 6.10 Å². The van der Waals surface area contributed by atoms with Crippen LogP contribution in [0.1, 0.15) is 44.6 Å². The number of ether oxygens (including phenoxy) is 4. The van der Waals surface area contributed by atoms with Crippen LogP contribution in [0.25, 0.3) is 0 Å². The Morgan fingerprint density at radius 1 is 1.19 bits per heavy atom. The van der Waals surface area contributed by atoms with Gasteiger partial charge in [-0.3, -0.25) is 0 Å². The monoisotopic (exact) mass is 459 g/mol. The number of alkyl halides is 3. The average Bonchev–Trinajstić information content (AvgIpc) is 3.04. The van der Waals surface area contributed by atoms with E-state index in [1.165, 1.54) is 19.2 Å². The summed E-state index contributed by atoms with van der Waals surface area (Å²) in [6, 6.07) is 4.68. The molecular weight excluding hydrogens is 431 g/mol. The second-order valence-electron chi connectivity index (χ2n) is 7.97. The zero-order valence-electron chi connectivity index (χ0n) is 18.2. The van der Waals surface area contributed by atoms with E-state index in [0.29, 0.717) is 25.9 Å². The average molecular weight is 459 g/mol. The predicted molar refractivity (Wildman–Crippen MR) is 106 cm³/mol. The Balaban J connectivity index is 1.69. The first-order chi connectivity index (χ1) is 15.2. The highest BCUT2D eigenvalue weighted by molar-refractivity contribution is 6.31. The van der Waals surface area contributed by atoms with Gasteiger partial charge < -0.3 is 18.9 Å². The maximum Gasteiger partial charge on any atom is 0.422 e. The normalized spacial score (nSPS) is 23.3. The third-order valence-electron chi connectivity index (χ3n) is 5.85. The van der Waals surface area contributed by atoms with Gasteiger partial charge in [-0.1, -0.05) is 25.8 Å². The molecule has 10 heteroatoms. The van der Waals surface area contributed by atoms with Gasteiger partial charge in [-0.25, -0.2) is 14.5 Å². The number of halogens is 3. The van der Waals surface area contributed by atoms with E-state index >= 15 is 0 Å². The molecule has 0 amide bonds. The van der Waals surface area contributed by atoms with Crippen LogP contribution in [-0.4, -0.2) is 55.7 Å². The number of rotatable bonds is 9. The largest absolute Gasteiger partial charge is 0.494 e. The van der Waals surface area contributed by atoms with Crippen molar-refractivity contribution in [2.45, 2.75) is 57.2 Å². The van der Waals surface area contributed by atoms with Gasteiger partial charge in [0.25, 0.3) is 0 Å². The zero-order valence-corrected chi connectivity index (χ0v) is 18.2. The molecule has 1 aromatic carbocycles. The fourth-order valence-corrected chi connectivity index (χ4v) is 4.27. The molecule has 178 valence electrons. The van der Waals surface area contributed by atoms with Crippen molar-refractivity contribution in [2.75, 3.05) is 26.8 Å². The summed E-state index contributed by atoms with van der Waals surface area (Å²) >= 11 is 0. The highest BCUT2D eigenvalue weighted by atomic mass is 19.4. The molecule has 7 nitrogen and oxygen atoms in total. The lowest BCUT2D eigenvalue weighted by Crippen LogP contribution is -2.65. The molecule has 1 aromatic rings. The van der Waals surface area contributed by atoms with Gasteiger partial charge in [-0.2, -0.15) is 13.2 Å². The van der Waals surface area contributed by atoms with E-state index in [4.69, 9.17) is 18.9 Å². The SMILES string of the molecule is CCCCCN1CCC(CCOc2cccc(C(F)(F)F)c2)C(OC)C12OC(=O)C(=O)O2. The molecule has 2 saturated heterocycles. The maximum atomic E-state index is 12.9. The lowest BCUT2D eigenvalue weighted by Gasteiger charge is -2.48. The van der Waals surface area contributed by atoms with Crippen LogP contribution in [0.2, 0.25) is 0 Å². The molecule has 0 N–H and O–H groups in total. The topological polar surface area (TPSA) is 74.3 Å². The molecule has 3 rings (SSSR count). The maximum absolute atomic E-state index is 12.9. The fraction of sp³-hybridized carbons (Fsp3) is 0.636. The fourth-order valence-electron chi connectivity index (χ4n) is 4.27. The number of hydrogen-bond donors (Lipinski definition) is 0. The summed E-state index contributed by atoms with van der Waals surface area (Å²) in [6.45, 7) is 3.28. The second kappa shape index (κ2) is 10.1. The number of methoxy groups -OCH3 is 1. The minimum atomic E-state index is -4.45. The molecule has 2 atom stereocenters. The highest BCUT2D eigenvalue weighted by Crippen LogP contribution is 2.41. The third kappa shape index (κ3) is 5.17. The molecule has 0 radical (unpaired) electrons.